The van der Waals surface area contributed by atoms with Gasteiger partial charge in [-0.05, 0) is 6.07 Å². The number of hydrogen-bond donors (Lipinski definition) is 0. The van der Waals surface area contributed by atoms with E-state index >= 15 is 0 Å². The summed E-state index contributed by atoms with van der Waals surface area (Å²) >= 11 is 0. The van der Waals surface area contributed by atoms with Crippen LogP contribution >= 0.6 is 0 Å². The second kappa shape index (κ2) is 4.26. The average Bonchev–Trinajstić information content (AvgIpc) is 2.25. The Morgan fingerprint density at radius 1 is 1.06 bits per heavy atom. The van der Waals surface area contributed by atoms with Crippen molar-refractivity contribution >= 4 is 0 Å². The van der Waals surface area contributed by atoms with E-state index in [0.29, 0.717) is 5.56 Å². The molecule has 1 aromatic heterocycles. The summed E-state index contributed by atoms with van der Waals surface area (Å²) in [4.78, 5) is 10.8. The van der Waals surface area contributed by atoms with Crippen LogP contribution in [0, 0.1) is 11.6 Å². The Balaban J connectivity index is 2.27. The first-order chi connectivity index (χ1) is 7.65. The van der Waals surface area contributed by atoms with E-state index in [2.05, 4.69) is 0 Å². The second-order valence-corrected chi connectivity index (χ2v) is 3.44. The van der Waals surface area contributed by atoms with Gasteiger partial charge in [-0.15, -0.1) is 0 Å². The molecule has 2 aromatic rings. The smallest absolute Gasteiger partial charge is 0.181 e. The molecule has 0 saturated heterocycles. The maximum Gasteiger partial charge on any atom is 0.181 e. The third kappa shape index (κ3) is 2.34. The third-order valence-corrected chi connectivity index (χ3v) is 2.23. The van der Waals surface area contributed by atoms with E-state index in [9.17, 15) is 13.6 Å². The molecule has 0 atom stereocenters. The number of benzene rings is 1. The van der Waals surface area contributed by atoms with E-state index in [1.54, 1.807) is 17.0 Å². The fourth-order valence-electron chi connectivity index (χ4n) is 1.40. The first-order valence-electron chi connectivity index (χ1n) is 4.75. The monoisotopic (exact) mass is 221 g/mol. The van der Waals surface area contributed by atoms with Crippen molar-refractivity contribution in [2.24, 2.45) is 0 Å². The van der Waals surface area contributed by atoms with Crippen LogP contribution < -0.4 is 5.43 Å². The molecule has 0 unspecified atom stereocenters. The van der Waals surface area contributed by atoms with Crippen LogP contribution in [0.25, 0.3) is 0 Å². The fourth-order valence-corrected chi connectivity index (χ4v) is 1.40. The standard InChI is InChI=1S/C12H9F2NO/c13-10-2-1-9(12(14)7-10)8-15-5-3-11(16)4-6-15/h1-7H,8H2. The molecular formula is C12H9F2NO. The molecule has 0 aliphatic heterocycles. The van der Waals surface area contributed by atoms with Crippen LogP contribution in [0.4, 0.5) is 8.78 Å². The van der Waals surface area contributed by atoms with Crippen LogP contribution in [0.15, 0.2) is 47.5 Å². The summed E-state index contributed by atoms with van der Waals surface area (Å²) in [5.41, 5.74) is 0.279. The minimum Gasteiger partial charge on any atom is -0.350 e. The Kier molecular flexibility index (Phi) is 2.81. The lowest BCUT2D eigenvalue weighted by molar-refractivity contribution is 0.566. The predicted molar refractivity (Wildman–Crippen MR) is 56.2 cm³/mol. The van der Waals surface area contributed by atoms with Gasteiger partial charge in [0.05, 0.1) is 0 Å². The molecule has 1 aromatic carbocycles. The van der Waals surface area contributed by atoms with Gasteiger partial charge >= 0.3 is 0 Å². The molecule has 2 rings (SSSR count). The van der Waals surface area contributed by atoms with Crippen molar-refractivity contribution in [2.75, 3.05) is 0 Å². The van der Waals surface area contributed by atoms with Crippen LogP contribution in [0.2, 0.25) is 0 Å². The first kappa shape index (κ1) is 10.5. The molecule has 0 fully saturated rings. The zero-order valence-corrected chi connectivity index (χ0v) is 8.36. The van der Waals surface area contributed by atoms with E-state index in [1.807, 2.05) is 0 Å². The Labute approximate surface area is 90.8 Å². The zero-order valence-electron chi connectivity index (χ0n) is 8.36. The van der Waals surface area contributed by atoms with Crippen molar-refractivity contribution < 1.29 is 8.78 Å². The second-order valence-electron chi connectivity index (χ2n) is 3.44. The molecule has 0 aliphatic carbocycles. The van der Waals surface area contributed by atoms with E-state index < -0.39 is 11.6 Å². The Hall–Kier alpha value is -1.97. The van der Waals surface area contributed by atoms with Crippen LogP contribution in [-0.4, -0.2) is 4.57 Å². The molecule has 0 radical (unpaired) electrons. The number of nitrogens with zero attached hydrogens (tertiary/aromatic N) is 1. The maximum atomic E-state index is 13.3. The normalized spacial score (nSPS) is 10.4. The molecule has 82 valence electrons. The molecule has 0 N–H and O–H groups in total. The van der Waals surface area contributed by atoms with Crippen molar-refractivity contribution in [3.63, 3.8) is 0 Å². The van der Waals surface area contributed by atoms with Gasteiger partial charge < -0.3 is 4.57 Å². The van der Waals surface area contributed by atoms with Crippen molar-refractivity contribution in [1.82, 2.24) is 4.57 Å². The van der Waals surface area contributed by atoms with Crippen LogP contribution in [0.5, 0.6) is 0 Å². The van der Waals surface area contributed by atoms with Crippen LogP contribution in [0.3, 0.4) is 0 Å². The summed E-state index contributed by atoms with van der Waals surface area (Å²) in [6.45, 7) is 0.270. The van der Waals surface area contributed by atoms with E-state index in [0.717, 1.165) is 6.07 Å². The van der Waals surface area contributed by atoms with Crippen LogP contribution in [0.1, 0.15) is 5.56 Å². The summed E-state index contributed by atoms with van der Waals surface area (Å²) in [5.74, 6) is -1.18. The molecule has 0 aliphatic rings. The SMILES string of the molecule is O=c1ccn(Cc2ccc(F)cc2F)cc1. The highest BCUT2D eigenvalue weighted by Gasteiger charge is 2.03. The number of hydrogen-bond acceptors (Lipinski definition) is 1. The molecule has 4 heteroatoms. The van der Waals surface area contributed by atoms with Gasteiger partial charge in [0, 0.05) is 42.7 Å². The Morgan fingerprint density at radius 2 is 1.75 bits per heavy atom. The van der Waals surface area contributed by atoms with Crippen molar-refractivity contribution in [2.45, 2.75) is 6.54 Å². The minimum atomic E-state index is -0.596. The molecular weight excluding hydrogens is 212 g/mol. The zero-order chi connectivity index (χ0) is 11.5. The third-order valence-electron chi connectivity index (χ3n) is 2.23. The number of pyridine rings is 1. The van der Waals surface area contributed by atoms with E-state index in [4.69, 9.17) is 0 Å². The predicted octanol–water partition coefficient (Wildman–Crippen LogP) is 2.17. The lowest BCUT2D eigenvalue weighted by Crippen LogP contribution is -2.06. The largest absolute Gasteiger partial charge is 0.350 e. The number of rotatable bonds is 2. The highest BCUT2D eigenvalue weighted by atomic mass is 19.1. The van der Waals surface area contributed by atoms with Gasteiger partial charge in [0.15, 0.2) is 5.43 Å². The van der Waals surface area contributed by atoms with Gasteiger partial charge in [-0.1, -0.05) is 6.07 Å². The maximum absolute atomic E-state index is 13.3. The van der Waals surface area contributed by atoms with Gasteiger partial charge in [0.1, 0.15) is 11.6 Å². The number of halogens is 2. The topological polar surface area (TPSA) is 22.0 Å². The van der Waals surface area contributed by atoms with E-state index in [-0.39, 0.29) is 12.0 Å². The molecule has 0 saturated carbocycles. The molecule has 2 nitrogen and oxygen atoms in total. The summed E-state index contributed by atoms with van der Waals surface area (Å²) in [6, 6.07) is 6.23. The van der Waals surface area contributed by atoms with Crippen molar-refractivity contribution in [3.8, 4) is 0 Å². The van der Waals surface area contributed by atoms with Crippen LogP contribution in [-0.2, 0) is 6.54 Å². The summed E-state index contributed by atoms with van der Waals surface area (Å²) in [6.07, 6.45) is 3.12. The molecule has 0 bridgehead atoms. The van der Waals surface area contributed by atoms with Gasteiger partial charge in [-0.2, -0.15) is 0 Å². The highest BCUT2D eigenvalue weighted by molar-refractivity contribution is 5.19. The fraction of sp³-hybridized carbons (Fsp3) is 0.0833. The van der Waals surface area contributed by atoms with Crippen molar-refractivity contribution in [1.29, 1.82) is 0 Å². The minimum absolute atomic E-state index is 0.101. The summed E-state index contributed by atoms with van der Waals surface area (Å²) in [7, 11) is 0. The summed E-state index contributed by atoms with van der Waals surface area (Å²) in [5, 5.41) is 0. The highest BCUT2D eigenvalue weighted by Crippen LogP contribution is 2.10. The van der Waals surface area contributed by atoms with Gasteiger partial charge in [0.2, 0.25) is 0 Å². The molecule has 16 heavy (non-hydrogen) atoms. The van der Waals surface area contributed by atoms with E-state index in [1.165, 1.54) is 24.3 Å². The first-order valence-corrected chi connectivity index (χ1v) is 4.75. The van der Waals surface area contributed by atoms with Crippen molar-refractivity contribution in [3.05, 3.63) is 70.1 Å². The quantitative estimate of drug-likeness (QED) is 0.761. The Morgan fingerprint density at radius 3 is 2.38 bits per heavy atom. The van der Waals surface area contributed by atoms with Gasteiger partial charge in [0.25, 0.3) is 0 Å². The molecule has 1 heterocycles. The lowest BCUT2D eigenvalue weighted by atomic mass is 10.2. The Bertz CT molecular complexity index is 543. The molecule has 0 spiro atoms. The number of aromatic nitrogens is 1. The molecule has 0 amide bonds. The lowest BCUT2D eigenvalue weighted by Gasteiger charge is -2.06. The van der Waals surface area contributed by atoms with Gasteiger partial charge in [-0.3, -0.25) is 4.79 Å². The average molecular weight is 221 g/mol. The van der Waals surface area contributed by atoms with Gasteiger partial charge in [-0.25, -0.2) is 8.78 Å². The summed E-state index contributed by atoms with van der Waals surface area (Å²) < 4.78 is 27.6.